The van der Waals surface area contributed by atoms with Gasteiger partial charge in [-0.1, -0.05) is 6.07 Å². The number of H-pyrrole nitrogens is 1. The van der Waals surface area contributed by atoms with E-state index in [0.29, 0.717) is 18.5 Å². The molecule has 0 unspecified atom stereocenters. The Morgan fingerprint density at radius 2 is 2.22 bits per heavy atom. The Morgan fingerprint density at radius 1 is 1.39 bits per heavy atom. The van der Waals surface area contributed by atoms with Gasteiger partial charge >= 0.3 is 0 Å². The van der Waals surface area contributed by atoms with Crippen molar-refractivity contribution in [3.05, 3.63) is 47.5 Å². The zero-order valence-electron chi connectivity index (χ0n) is 12.7. The second kappa shape index (κ2) is 6.60. The van der Waals surface area contributed by atoms with Gasteiger partial charge < -0.3 is 11.1 Å². The van der Waals surface area contributed by atoms with Gasteiger partial charge in [0.25, 0.3) is 5.91 Å². The molecule has 1 aliphatic rings. The van der Waals surface area contributed by atoms with Crippen molar-refractivity contribution in [2.75, 3.05) is 0 Å². The van der Waals surface area contributed by atoms with Gasteiger partial charge in [0.2, 0.25) is 5.91 Å². The fourth-order valence-corrected chi connectivity index (χ4v) is 2.75. The minimum absolute atomic E-state index is 0.0529. The minimum Gasteiger partial charge on any atom is -0.364 e. The van der Waals surface area contributed by atoms with Crippen molar-refractivity contribution >= 4 is 11.8 Å². The topological polar surface area (TPSA) is 114 Å². The molecule has 120 valence electrons. The fourth-order valence-electron chi connectivity index (χ4n) is 2.75. The van der Waals surface area contributed by atoms with Crippen molar-refractivity contribution in [1.29, 1.82) is 0 Å². The number of aromatic nitrogens is 3. The first-order valence-corrected chi connectivity index (χ1v) is 7.65. The second-order valence-corrected chi connectivity index (χ2v) is 5.86. The van der Waals surface area contributed by atoms with Crippen LogP contribution in [0.1, 0.15) is 46.9 Å². The standard InChI is InChI=1S/C16H19N5O2/c17-16(23)14-8-13(20-21-14)11-6-12(7-11)19-15(22)4-3-10-2-1-5-18-9-10/h1-2,5,8-9,11-12H,3-4,6-7H2,(H2,17,23)(H,19,22)(H,20,21)/t11-,12+. The molecule has 0 aromatic carbocycles. The number of aromatic amines is 1. The van der Waals surface area contributed by atoms with Crippen LogP contribution in [-0.4, -0.2) is 33.0 Å². The fraction of sp³-hybridized carbons (Fsp3) is 0.375. The van der Waals surface area contributed by atoms with Gasteiger partial charge in [-0.2, -0.15) is 5.10 Å². The summed E-state index contributed by atoms with van der Waals surface area (Å²) in [6, 6.07) is 5.70. The van der Waals surface area contributed by atoms with Gasteiger partial charge in [0.15, 0.2) is 0 Å². The average Bonchev–Trinajstić information content (AvgIpc) is 2.99. The quantitative estimate of drug-likeness (QED) is 0.735. The normalized spacial score (nSPS) is 19.8. The first-order chi connectivity index (χ1) is 11.1. The van der Waals surface area contributed by atoms with Crippen LogP contribution in [-0.2, 0) is 11.2 Å². The molecule has 7 nitrogen and oxygen atoms in total. The van der Waals surface area contributed by atoms with Gasteiger partial charge in [-0.3, -0.25) is 19.7 Å². The van der Waals surface area contributed by atoms with E-state index in [1.54, 1.807) is 18.5 Å². The van der Waals surface area contributed by atoms with Crippen LogP contribution in [0.25, 0.3) is 0 Å². The van der Waals surface area contributed by atoms with Crippen LogP contribution < -0.4 is 11.1 Å². The lowest BCUT2D eigenvalue weighted by Gasteiger charge is -2.34. The highest BCUT2D eigenvalue weighted by molar-refractivity contribution is 5.90. The van der Waals surface area contributed by atoms with E-state index in [1.165, 1.54) is 0 Å². The Kier molecular flexibility index (Phi) is 4.36. The van der Waals surface area contributed by atoms with Crippen molar-refractivity contribution in [3.63, 3.8) is 0 Å². The van der Waals surface area contributed by atoms with Crippen molar-refractivity contribution in [3.8, 4) is 0 Å². The third kappa shape index (κ3) is 3.74. The molecular weight excluding hydrogens is 294 g/mol. The molecule has 0 radical (unpaired) electrons. The molecule has 1 fully saturated rings. The minimum atomic E-state index is -0.511. The highest BCUT2D eigenvalue weighted by Crippen LogP contribution is 2.36. The number of carbonyl (C=O) groups is 2. The largest absolute Gasteiger partial charge is 0.364 e. The molecule has 2 aromatic rings. The Bertz CT molecular complexity index is 692. The maximum Gasteiger partial charge on any atom is 0.266 e. The molecule has 0 atom stereocenters. The summed E-state index contributed by atoms with van der Waals surface area (Å²) in [6.45, 7) is 0. The zero-order valence-corrected chi connectivity index (χ0v) is 12.7. The van der Waals surface area contributed by atoms with Crippen molar-refractivity contribution in [2.24, 2.45) is 5.73 Å². The summed E-state index contributed by atoms with van der Waals surface area (Å²) >= 11 is 0. The van der Waals surface area contributed by atoms with E-state index < -0.39 is 5.91 Å². The van der Waals surface area contributed by atoms with Gasteiger partial charge in [0, 0.05) is 30.8 Å². The molecule has 2 heterocycles. The van der Waals surface area contributed by atoms with E-state index in [4.69, 9.17) is 5.73 Å². The summed E-state index contributed by atoms with van der Waals surface area (Å²) in [5.41, 5.74) is 7.41. The summed E-state index contributed by atoms with van der Waals surface area (Å²) in [5.74, 6) is -0.191. The summed E-state index contributed by atoms with van der Waals surface area (Å²) < 4.78 is 0. The number of nitrogens with zero attached hydrogens (tertiary/aromatic N) is 2. The second-order valence-electron chi connectivity index (χ2n) is 5.86. The SMILES string of the molecule is NC(=O)c1cc([C@H]2C[C@@H](NC(=O)CCc3cccnc3)C2)n[nH]1. The van der Waals surface area contributed by atoms with Crippen LogP contribution in [0.15, 0.2) is 30.6 Å². The van der Waals surface area contributed by atoms with Crippen LogP contribution in [0.2, 0.25) is 0 Å². The molecule has 0 spiro atoms. The van der Waals surface area contributed by atoms with Crippen molar-refractivity contribution in [1.82, 2.24) is 20.5 Å². The summed E-state index contributed by atoms with van der Waals surface area (Å²) in [7, 11) is 0. The first kappa shape index (κ1) is 15.2. The van der Waals surface area contributed by atoms with Crippen LogP contribution in [0.5, 0.6) is 0 Å². The van der Waals surface area contributed by atoms with E-state index >= 15 is 0 Å². The maximum absolute atomic E-state index is 11.9. The third-order valence-corrected chi connectivity index (χ3v) is 4.15. The number of nitrogens with one attached hydrogen (secondary N) is 2. The molecular formula is C16H19N5O2. The van der Waals surface area contributed by atoms with Gasteiger partial charge in [0.05, 0.1) is 5.69 Å². The lowest BCUT2D eigenvalue weighted by atomic mass is 9.78. The molecule has 1 saturated carbocycles. The smallest absolute Gasteiger partial charge is 0.266 e. The number of aryl methyl sites for hydroxylation is 1. The van der Waals surface area contributed by atoms with Crippen LogP contribution in [0, 0.1) is 0 Å². The van der Waals surface area contributed by atoms with Gasteiger partial charge in [-0.05, 0) is 37.0 Å². The Balaban J connectivity index is 1.41. The number of primary amides is 1. The zero-order chi connectivity index (χ0) is 16.2. The van der Waals surface area contributed by atoms with E-state index in [-0.39, 0.29) is 17.9 Å². The number of nitrogens with two attached hydrogens (primary N) is 1. The number of rotatable bonds is 6. The number of hydrogen-bond donors (Lipinski definition) is 3. The van der Waals surface area contributed by atoms with E-state index in [9.17, 15) is 9.59 Å². The Labute approximate surface area is 133 Å². The van der Waals surface area contributed by atoms with E-state index in [2.05, 4.69) is 20.5 Å². The average molecular weight is 313 g/mol. The molecule has 7 heteroatoms. The molecule has 0 bridgehead atoms. The highest BCUT2D eigenvalue weighted by atomic mass is 16.2. The third-order valence-electron chi connectivity index (χ3n) is 4.15. The van der Waals surface area contributed by atoms with Crippen molar-refractivity contribution < 1.29 is 9.59 Å². The van der Waals surface area contributed by atoms with Gasteiger partial charge in [-0.25, -0.2) is 0 Å². The summed E-state index contributed by atoms with van der Waals surface area (Å²) in [4.78, 5) is 27.0. The lowest BCUT2D eigenvalue weighted by Crippen LogP contribution is -2.43. The predicted molar refractivity (Wildman–Crippen MR) is 83.6 cm³/mol. The number of hydrogen-bond acceptors (Lipinski definition) is 4. The van der Waals surface area contributed by atoms with E-state index in [1.807, 2.05) is 12.1 Å². The Hall–Kier alpha value is -2.70. The van der Waals surface area contributed by atoms with Gasteiger partial charge in [-0.15, -0.1) is 0 Å². The Morgan fingerprint density at radius 3 is 2.87 bits per heavy atom. The molecule has 23 heavy (non-hydrogen) atoms. The van der Waals surface area contributed by atoms with Crippen LogP contribution >= 0.6 is 0 Å². The number of amides is 2. The van der Waals surface area contributed by atoms with Crippen LogP contribution in [0.4, 0.5) is 0 Å². The molecule has 0 aliphatic heterocycles. The molecule has 0 saturated heterocycles. The predicted octanol–water partition coefficient (Wildman–Crippen LogP) is 0.899. The molecule has 2 aromatic heterocycles. The molecule has 1 aliphatic carbocycles. The monoisotopic (exact) mass is 313 g/mol. The lowest BCUT2D eigenvalue weighted by molar-refractivity contribution is -0.122. The number of pyridine rings is 1. The first-order valence-electron chi connectivity index (χ1n) is 7.65. The number of carbonyl (C=O) groups excluding carboxylic acids is 2. The highest BCUT2D eigenvalue weighted by Gasteiger charge is 2.33. The van der Waals surface area contributed by atoms with Crippen LogP contribution in [0.3, 0.4) is 0 Å². The molecule has 2 amide bonds. The van der Waals surface area contributed by atoms with Crippen molar-refractivity contribution in [2.45, 2.75) is 37.6 Å². The summed E-state index contributed by atoms with van der Waals surface area (Å²) in [6.07, 6.45) is 6.32. The van der Waals surface area contributed by atoms with Gasteiger partial charge in [0.1, 0.15) is 5.69 Å². The molecule has 4 N–H and O–H groups in total. The summed E-state index contributed by atoms with van der Waals surface area (Å²) in [5, 5.41) is 9.76. The maximum atomic E-state index is 11.9. The van der Waals surface area contributed by atoms with E-state index in [0.717, 1.165) is 24.1 Å². The molecule has 3 rings (SSSR count).